The van der Waals surface area contributed by atoms with Crippen molar-refractivity contribution in [3.8, 4) is 0 Å². The largest absolute Gasteiger partial charge is 0.480 e. The molecule has 5 aliphatic rings. The monoisotopic (exact) mass is 455 g/mol. The van der Waals surface area contributed by atoms with Crippen LogP contribution in [0.1, 0.15) is 66.2 Å². The molecule has 1 aliphatic carbocycles. The molecule has 1 saturated carbocycles. The fourth-order valence-corrected chi connectivity index (χ4v) is 5.79. The molecule has 32 heavy (non-hydrogen) atoms. The van der Waals surface area contributed by atoms with Crippen LogP contribution in [0, 0.1) is 23.7 Å². The Bertz CT molecular complexity index is 775. The molecular weight excluding hydrogens is 422 g/mol. The number of amides is 1. The summed E-state index contributed by atoms with van der Waals surface area (Å²) in [6.07, 6.45) is 1.64. The normalized spacial score (nSPS) is 43.5. The first-order valence-electron chi connectivity index (χ1n) is 11.5. The highest BCUT2D eigenvalue weighted by Crippen LogP contribution is 2.60. The lowest BCUT2D eigenvalue weighted by Gasteiger charge is -2.59. The lowest BCUT2D eigenvalue weighted by atomic mass is 9.58. The number of rotatable bonds is 6. The van der Waals surface area contributed by atoms with Gasteiger partial charge >= 0.3 is 11.9 Å². The molecule has 4 saturated heterocycles. The summed E-state index contributed by atoms with van der Waals surface area (Å²) in [6, 6.07) is -1.02. The molecule has 1 spiro atoms. The number of hydrogen-bond acceptors (Lipinski definition) is 8. The van der Waals surface area contributed by atoms with E-state index in [0.717, 1.165) is 19.3 Å². The van der Waals surface area contributed by atoms with Crippen LogP contribution < -0.4 is 5.32 Å². The fraction of sp³-hybridized carbons (Fsp3) is 0.864. The number of hydrogen-bond donors (Lipinski definition) is 2. The maximum Gasteiger partial charge on any atom is 0.325 e. The van der Waals surface area contributed by atoms with Crippen LogP contribution in [0.4, 0.5) is 0 Å². The molecule has 4 aliphatic heterocycles. The zero-order chi connectivity index (χ0) is 23.3. The minimum Gasteiger partial charge on any atom is -0.480 e. The van der Waals surface area contributed by atoms with Gasteiger partial charge in [-0.3, -0.25) is 14.4 Å². The van der Waals surface area contributed by atoms with Gasteiger partial charge in [0.15, 0.2) is 11.9 Å². The van der Waals surface area contributed by atoms with E-state index in [1.165, 1.54) is 6.92 Å². The first-order valence-corrected chi connectivity index (χ1v) is 11.5. The molecule has 10 nitrogen and oxygen atoms in total. The summed E-state index contributed by atoms with van der Waals surface area (Å²) in [5, 5.41) is 11.2. The summed E-state index contributed by atoms with van der Waals surface area (Å²) in [7, 11) is 0. The second-order valence-corrected chi connectivity index (χ2v) is 9.89. The minimum absolute atomic E-state index is 0.0302. The number of carboxylic acids is 1. The molecule has 0 aromatic carbocycles. The predicted octanol–water partition coefficient (Wildman–Crippen LogP) is 2.11. The summed E-state index contributed by atoms with van der Waals surface area (Å²) < 4.78 is 18.0. The van der Waals surface area contributed by atoms with E-state index in [-0.39, 0.29) is 30.6 Å². The van der Waals surface area contributed by atoms with E-state index >= 15 is 0 Å². The molecule has 5 rings (SSSR count). The molecule has 0 aromatic heterocycles. The number of fused-ring (bicyclic) bond motifs is 2. The maximum atomic E-state index is 12.5. The zero-order valence-electron chi connectivity index (χ0n) is 19.0. The minimum atomic E-state index is -1.14. The Morgan fingerprint density at radius 2 is 1.88 bits per heavy atom. The van der Waals surface area contributed by atoms with Gasteiger partial charge in [0.1, 0.15) is 6.04 Å². The maximum absolute atomic E-state index is 12.5. The van der Waals surface area contributed by atoms with Crippen LogP contribution in [-0.4, -0.2) is 53.0 Å². The van der Waals surface area contributed by atoms with Gasteiger partial charge in [-0.15, -0.1) is 0 Å². The quantitative estimate of drug-likeness (QED) is 0.457. The van der Waals surface area contributed by atoms with E-state index in [1.807, 2.05) is 13.8 Å². The van der Waals surface area contributed by atoms with Crippen molar-refractivity contribution in [2.75, 3.05) is 0 Å². The topological polar surface area (TPSA) is 130 Å². The number of carboxylic acid groups (broad SMARTS) is 1. The molecule has 2 N–H and O–H groups in total. The Hall–Kier alpha value is -1.75. The van der Waals surface area contributed by atoms with Gasteiger partial charge in [-0.2, -0.15) is 0 Å². The number of carbonyl (C=O) groups is 3. The Kier molecular flexibility index (Phi) is 6.26. The summed E-state index contributed by atoms with van der Waals surface area (Å²) in [5.74, 6) is -2.64. The van der Waals surface area contributed by atoms with Crippen molar-refractivity contribution in [1.82, 2.24) is 5.32 Å². The lowest BCUT2D eigenvalue weighted by Crippen LogP contribution is -2.70. The van der Waals surface area contributed by atoms with Crippen molar-refractivity contribution < 1.29 is 43.5 Å². The molecule has 4 heterocycles. The standard InChI is InChI=1S/C22H33NO9/c1-11-5-6-15-12(2)19(28-17(25)8-7-16(24)23-13(3)18(26)27)29-20-22(15)14(11)9-10-21(4,30-20)31-32-22/h11-15,19-20H,5-10H2,1-4H3,(H,23,24)(H,26,27)/t11-,12-,13+,14+,15+,19-,20-,21+,22-/m1/s1. The molecule has 0 unspecified atom stereocenters. The van der Waals surface area contributed by atoms with Gasteiger partial charge in [-0.05, 0) is 44.9 Å². The average Bonchev–Trinajstić information content (AvgIpc) is 2.96. The van der Waals surface area contributed by atoms with Crippen molar-refractivity contribution in [3.63, 3.8) is 0 Å². The van der Waals surface area contributed by atoms with E-state index in [4.69, 9.17) is 29.1 Å². The van der Waals surface area contributed by atoms with E-state index in [0.29, 0.717) is 12.3 Å². The smallest absolute Gasteiger partial charge is 0.325 e. The second-order valence-electron chi connectivity index (χ2n) is 9.89. The van der Waals surface area contributed by atoms with Gasteiger partial charge in [-0.1, -0.05) is 13.8 Å². The predicted molar refractivity (Wildman–Crippen MR) is 107 cm³/mol. The Morgan fingerprint density at radius 3 is 2.59 bits per heavy atom. The van der Waals surface area contributed by atoms with Crippen molar-refractivity contribution in [1.29, 1.82) is 0 Å². The first-order chi connectivity index (χ1) is 15.1. The van der Waals surface area contributed by atoms with Crippen LogP contribution in [-0.2, 0) is 38.4 Å². The van der Waals surface area contributed by atoms with E-state index in [1.54, 1.807) is 0 Å². The highest BCUT2D eigenvalue weighted by molar-refractivity contribution is 5.85. The molecule has 5 fully saturated rings. The molecule has 1 amide bonds. The number of nitrogens with one attached hydrogen (secondary N) is 1. The Morgan fingerprint density at radius 1 is 1.12 bits per heavy atom. The van der Waals surface area contributed by atoms with Crippen LogP contribution in [0.3, 0.4) is 0 Å². The second kappa shape index (κ2) is 8.55. The molecule has 2 bridgehead atoms. The van der Waals surface area contributed by atoms with Crippen molar-refractivity contribution in [3.05, 3.63) is 0 Å². The van der Waals surface area contributed by atoms with E-state index in [2.05, 4.69) is 12.2 Å². The van der Waals surface area contributed by atoms with Crippen molar-refractivity contribution >= 4 is 17.8 Å². The number of ether oxygens (including phenoxy) is 3. The number of aliphatic carboxylic acids is 1. The highest BCUT2D eigenvalue weighted by atomic mass is 17.3. The van der Waals surface area contributed by atoms with Crippen LogP contribution >= 0.6 is 0 Å². The van der Waals surface area contributed by atoms with Gasteiger partial charge < -0.3 is 24.6 Å². The molecule has 180 valence electrons. The summed E-state index contributed by atoms with van der Waals surface area (Å²) >= 11 is 0. The van der Waals surface area contributed by atoms with Gasteiger partial charge in [0.25, 0.3) is 0 Å². The van der Waals surface area contributed by atoms with Gasteiger partial charge in [0.05, 0.1) is 6.42 Å². The van der Waals surface area contributed by atoms with Crippen LogP contribution in [0.15, 0.2) is 0 Å². The lowest BCUT2D eigenvalue weighted by molar-refractivity contribution is -0.576. The number of carbonyl (C=O) groups excluding carboxylic acids is 2. The van der Waals surface area contributed by atoms with E-state index in [9.17, 15) is 14.4 Å². The van der Waals surface area contributed by atoms with Crippen LogP contribution in [0.25, 0.3) is 0 Å². The average molecular weight is 456 g/mol. The molecule has 10 heteroatoms. The van der Waals surface area contributed by atoms with Gasteiger partial charge in [-0.25, -0.2) is 9.78 Å². The summed E-state index contributed by atoms with van der Waals surface area (Å²) in [5.41, 5.74) is -0.733. The highest BCUT2D eigenvalue weighted by Gasteiger charge is 2.69. The van der Waals surface area contributed by atoms with Crippen LogP contribution in [0.5, 0.6) is 0 Å². The third-order valence-electron chi connectivity index (χ3n) is 7.65. The SMILES string of the molecule is C[C@H]1[C@H](OC(=O)CCC(=O)N[C@@H](C)C(=O)O)O[C@@H]2O[C@]3(C)CC[C@H]4[C@H](C)CC[C@@H]1[C@@]24OO3. The number of esters is 1. The first kappa shape index (κ1) is 23.4. The zero-order valence-corrected chi connectivity index (χ0v) is 19.0. The molecule has 0 aromatic rings. The molecular formula is C22H33NO9. The Balaban J connectivity index is 1.42. The molecule has 0 radical (unpaired) electrons. The summed E-state index contributed by atoms with van der Waals surface area (Å²) in [6.45, 7) is 7.39. The van der Waals surface area contributed by atoms with E-state index < -0.39 is 47.9 Å². The van der Waals surface area contributed by atoms with Gasteiger partial charge in [0, 0.05) is 24.7 Å². The third-order valence-corrected chi connectivity index (χ3v) is 7.65. The Labute approximate surface area is 187 Å². The van der Waals surface area contributed by atoms with Crippen molar-refractivity contribution in [2.45, 2.75) is 96.2 Å². The van der Waals surface area contributed by atoms with Crippen LogP contribution in [0.2, 0.25) is 0 Å². The van der Waals surface area contributed by atoms with Crippen molar-refractivity contribution in [2.24, 2.45) is 23.7 Å². The van der Waals surface area contributed by atoms with Gasteiger partial charge in [0.2, 0.25) is 18.0 Å². The summed E-state index contributed by atoms with van der Waals surface area (Å²) in [4.78, 5) is 47.0. The third kappa shape index (κ3) is 4.02. The fourth-order valence-electron chi connectivity index (χ4n) is 5.79. The molecule has 9 atom stereocenters.